The van der Waals surface area contributed by atoms with E-state index in [0.717, 1.165) is 44.1 Å². The van der Waals surface area contributed by atoms with Gasteiger partial charge in [0.1, 0.15) is 11.9 Å². The molecule has 4 fully saturated rings. The van der Waals surface area contributed by atoms with Crippen molar-refractivity contribution in [2.24, 2.45) is 17.8 Å². The highest BCUT2D eigenvalue weighted by molar-refractivity contribution is 5.26. The van der Waals surface area contributed by atoms with Crippen LogP contribution in [0.15, 0.2) is 11.3 Å². The van der Waals surface area contributed by atoms with Gasteiger partial charge in [0.05, 0.1) is 0 Å². The van der Waals surface area contributed by atoms with Crippen molar-refractivity contribution in [1.29, 1.82) is 0 Å². The van der Waals surface area contributed by atoms with Gasteiger partial charge in [-0.05, 0) is 51.0 Å². The van der Waals surface area contributed by atoms with Crippen LogP contribution in [-0.2, 0) is 19.2 Å². The quantitative estimate of drug-likeness (QED) is 0.773. The van der Waals surface area contributed by atoms with Gasteiger partial charge in [-0.2, -0.15) is 0 Å². The Morgan fingerprint density at radius 2 is 2.04 bits per heavy atom. The number of aliphatic hydroxyl groups is 1. The number of ether oxygens (including phenoxy) is 2. The number of fused-ring (bicyclic) bond motifs is 2. The second-order valence-electron chi connectivity index (χ2n) is 8.68. The van der Waals surface area contributed by atoms with Gasteiger partial charge in [0, 0.05) is 18.3 Å². The molecule has 4 aliphatic heterocycles. The predicted octanol–water partition coefficient (Wildman–Crippen LogP) is 4.06. The molecule has 0 aromatic heterocycles. The maximum absolute atomic E-state index is 10.7. The second kappa shape index (κ2) is 6.22. The zero-order valence-electron chi connectivity index (χ0n) is 15.9. The van der Waals surface area contributed by atoms with Gasteiger partial charge in [0.25, 0.3) is 0 Å². The second-order valence-corrected chi connectivity index (χ2v) is 8.68. The number of aliphatic hydroxyl groups excluding tert-OH is 1. The maximum atomic E-state index is 10.7. The Kier molecular flexibility index (Phi) is 4.42. The van der Waals surface area contributed by atoms with Crippen LogP contribution in [0.1, 0.15) is 72.6 Å². The molecule has 0 amide bonds. The number of unbranched alkanes of at least 4 members (excludes halogenated alkanes) is 1. The van der Waals surface area contributed by atoms with E-state index in [0.29, 0.717) is 17.6 Å². The van der Waals surface area contributed by atoms with Gasteiger partial charge in [0.15, 0.2) is 5.60 Å². The molecule has 4 heterocycles. The van der Waals surface area contributed by atoms with Crippen LogP contribution in [0.25, 0.3) is 0 Å². The van der Waals surface area contributed by atoms with Gasteiger partial charge in [-0.3, -0.25) is 0 Å². The average Bonchev–Trinajstić information content (AvgIpc) is 2.82. The zero-order valence-corrected chi connectivity index (χ0v) is 15.9. The summed E-state index contributed by atoms with van der Waals surface area (Å²) in [7, 11) is 0. The summed E-state index contributed by atoms with van der Waals surface area (Å²) in [5, 5.41) is 10.7. The smallest absolute Gasteiger partial charge is 0.235 e. The fourth-order valence-electron chi connectivity index (χ4n) is 5.51. The van der Waals surface area contributed by atoms with Gasteiger partial charge >= 0.3 is 0 Å². The highest BCUT2D eigenvalue weighted by Crippen LogP contribution is 2.60. The molecule has 1 unspecified atom stereocenters. The SMILES string of the molecule is CCCCC(O)C1=C(C)[C@@H]2CC[C@@H](C)[C@@H]3CC[C@@]4(C)OO[C@@]23[C@H](O1)O4. The molecule has 1 saturated carbocycles. The molecule has 0 aromatic carbocycles. The van der Waals surface area contributed by atoms with E-state index < -0.39 is 23.8 Å². The predicted molar refractivity (Wildman–Crippen MR) is 92.1 cm³/mol. The molecule has 1 aliphatic carbocycles. The monoisotopic (exact) mass is 352 g/mol. The summed E-state index contributed by atoms with van der Waals surface area (Å²) in [6.45, 7) is 8.46. The highest BCUT2D eigenvalue weighted by atomic mass is 17.3. The molecule has 5 aliphatic rings. The molecule has 5 rings (SSSR count). The van der Waals surface area contributed by atoms with Crippen LogP contribution in [0, 0.1) is 17.8 Å². The van der Waals surface area contributed by atoms with Gasteiger partial charge in [-0.1, -0.05) is 26.7 Å². The summed E-state index contributed by atoms with van der Waals surface area (Å²) in [5.41, 5.74) is 0.542. The van der Waals surface area contributed by atoms with Crippen LogP contribution in [-0.4, -0.2) is 28.9 Å². The van der Waals surface area contributed by atoms with Crippen molar-refractivity contribution in [1.82, 2.24) is 0 Å². The summed E-state index contributed by atoms with van der Waals surface area (Å²) < 4.78 is 12.6. The van der Waals surface area contributed by atoms with Crippen LogP contribution in [0.2, 0.25) is 0 Å². The fraction of sp³-hybridized carbons (Fsp3) is 0.900. The van der Waals surface area contributed by atoms with Gasteiger partial charge in [-0.25, -0.2) is 9.78 Å². The van der Waals surface area contributed by atoms with Crippen molar-refractivity contribution in [3.63, 3.8) is 0 Å². The first-order valence-corrected chi connectivity index (χ1v) is 10.0. The molecule has 7 atom stereocenters. The molecular weight excluding hydrogens is 320 g/mol. The summed E-state index contributed by atoms with van der Waals surface area (Å²) in [6.07, 6.45) is 5.74. The van der Waals surface area contributed by atoms with Crippen LogP contribution in [0.3, 0.4) is 0 Å². The summed E-state index contributed by atoms with van der Waals surface area (Å²) in [5.74, 6) is 1.03. The van der Waals surface area contributed by atoms with Crippen molar-refractivity contribution in [2.75, 3.05) is 0 Å². The Hall–Kier alpha value is -0.620. The first kappa shape index (κ1) is 17.8. The molecule has 1 N–H and O–H groups in total. The van der Waals surface area contributed by atoms with Crippen molar-refractivity contribution in [3.05, 3.63) is 11.3 Å². The number of hydrogen-bond acceptors (Lipinski definition) is 5. The molecule has 142 valence electrons. The Bertz CT molecular complexity index is 560. The van der Waals surface area contributed by atoms with E-state index in [1.165, 1.54) is 6.42 Å². The molecule has 5 heteroatoms. The first-order chi connectivity index (χ1) is 11.9. The van der Waals surface area contributed by atoms with Crippen molar-refractivity contribution < 1.29 is 24.4 Å². The van der Waals surface area contributed by atoms with E-state index in [1.54, 1.807) is 0 Å². The van der Waals surface area contributed by atoms with Crippen LogP contribution < -0.4 is 0 Å². The van der Waals surface area contributed by atoms with Crippen molar-refractivity contribution in [2.45, 2.75) is 96.4 Å². The number of hydrogen-bond donors (Lipinski definition) is 1. The number of rotatable bonds is 4. The third kappa shape index (κ3) is 2.58. The minimum absolute atomic E-state index is 0.182. The molecular formula is C20H32O5. The molecule has 0 radical (unpaired) electrons. The topological polar surface area (TPSA) is 57.2 Å². The summed E-state index contributed by atoms with van der Waals surface area (Å²) >= 11 is 0. The third-order valence-corrected chi connectivity index (χ3v) is 7.00. The van der Waals surface area contributed by atoms with E-state index in [-0.39, 0.29) is 5.92 Å². The molecule has 1 spiro atoms. The van der Waals surface area contributed by atoms with Crippen molar-refractivity contribution >= 4 is 0 Å². The van der Waals surface area contributed by atoms with E-state index in [2.05, 4.69) is 20.8 Å². The van der Waals surface area contributed by atoms with E-state index in [1.807, 2.05) is 6.92 Å². The molecule has 25 heavy (non-hydrogen) atoms. The Balaban J connectivity index is 1.74. The lowest BCUT2D eigenvalue weighted by atomic mass is 9.59. The fourth-order valence-corrected chi connectivity index (χ4v) is 5.51. The van der Waals surface area contributed by atoms with Gasteiger partial charge in [-0.15, -0.1) is 0 Å². The van der Waals surface area contributed by atoms with Crippen LogP contribution >= 0.6 is 0 Å². The Morgan fingerprint density at radius 1 is 1.24 bits per heavy atom. The lowest BCUT2D eigenvalue weighted by molar-refractivity contribution is -0.556. The standard InChI is InChI=1S/C20H32O5/c1-5-6-7-16(21)17-13(3)15-9-8-12(2)14-10-11-19(4)23-18(22-17)20(14,15)25-24-19/h12,14-16,18,21H,5-11H2,1-4H3/t12-,14+,15+,16?,18-,19-,20-/m1/s1. The first-order valence-electron chi connectivity index (χ1n) is 10.0. The van der Waals surface area contributed by atoms with Gasteiger partial charge < -0.3 is 14.6 Å². The lowest BCUT2D eigenvalue weighted by Gasteiger charge is -2.57. The Morgan fingerprint density at radius 3 is 2.80 bits per heavy atom. The average molecular weight is 352 g/mol. The third-order valence-electron chi connectivity index (χ3n) is 7.00. The molecule has 2 bridgehead atoms. The summed E-state index contributed by atoms with van der Waals surface area (Å²) in [4.78, 5) is 11.9. The molecule has 5 nitrogen and oxygen atoms in total. The summed E-state index contributed by atoms with van der Waals surface area (Å²) in [6, 6.07) is 0. The molecule has 0 aromatic rings. The van der Waals surface area contributed by atoms with Crippen molar-refractivity contribution in [3.8, 4) is 0 Å². The van der Waals surface area contributed by atoms with E-state index >= 15 is 0 Å². The maximum Gasteiger partial charge on any atom is 0.235 e. The lowest BCUT2D eigenvalue weighted by Crippen LogP contribution is -2.67. The minimum Gasteiger partial charge on any atom is -0.463 e. The van der Waals surface area contributed by atoms with E-state index in [9.17, 15) is 5.11 Å². The Labute approximate surface area is 150 Å². The van der Waals surface area contributed by atoms with E-state index in [4.69, 9.17) is 19.2 Å². The zero-order chi connectivity index (χ0) is 17.8. The van der Waals surface area contributed by atoms with Gasteiger partial charge in [0.2, 0.25) is 12.1 Å². The normalized spacial score (nSPS) is 47.1. The van der Waals surface area contributed by atoms with Crippen LogP contribution in [0.5, 0.6) is 0 Å². The molecule has 3 saturated heterocycles. The largest absolute Gasteiger partial charge is 0.463 e. The minimum atomic E-state index is -0.762. The highest BCUT2D eigenvalue weighted by Gasteiger charge is 2.68. The van der Waals surface area contributed by atoms with Crippen LogP contribution in [0.4, 0.5) is 0 Å².